The van der Waals surface area contributed by atoms with Crippen LogP contribution in [0.3, 0.4) is 0 Å². The molecule has 0 atom stereocenters. The standard InChI is InChI=1S/C13H11ClFNOS/c1-18-13-5-3-2-4-11(13)17-12-7-9(15)8(14)6-10(12)16/h2-7H,16H2,1H3. The Morgan fingerprint density at radius 1 is 1.22 bits per heavy atom. The zero-order valence-electron chi connectivity index (χ0n) is 9.61. The molecule has 0 aliphatic carbocycles. The van der Waals surface area contributed by atoms with Gasteiger partial charge in [0.2, 0.25) is 0 Å². The van der Waals surface area contributed by atoms with Gasteiger partial charge in [0.1, 0.15) is 11.6 Å². The van der Waals surface area contributed by atoms with Gasteiger partial charge >= 0.3 is 0 Å². The third-order valence-corrected chi connectivity index (χ3v) is 3.41. The second-order valence-corrected chi connectivity index (χ2v) is 4.81. The number of anilines is 1. The Kier molecular flexibility index (Phi) is 3.99. The number of hydrogen-bond acceptors (Lipinski definition) is 3. The molecule has 0 unspecified atom stereocenters. The molecule has 0 heterocycles. The summed E-state index contributed by atoms with van der Waals surface area (Å²) in [4.78, 5) is 0.951. The summed E-state index contributed by atoms with van der Waals surface area (Å²) in [6.45, 7) is 0. The largest absolute Gasteiger partial charge is 0.454 e. The summed E-state index contributed by atoms with van der Waals surface area (Å²) in [5, 5.41) is -0.0157. The van der Waals surface area contributed by atoms with E-state index in [-0.39, 0.29) is 10.8 Å². The molecule has 0 fully saturated rings. The molecule has 0 radical (unpaired) electrons. The molecule has 2 rings (SSSR count). The molecule has 0 spiro atoms. The molecule has 0 aliphatic heterocycles. The minimum atomic E-state index is -0.553. The molecule has 0 saturated carbocycles. The van der Waals surface area contributed by atoms with Gasteiger partial charge in [-0.1, -0.05) is 23.7 Å². The van der Waals surface area contributed by atoms with Crippen molar-refractivity contribution in [2.75, 3.05) is 12.0 Å². The molecular formula is C13H11ClFNOS. The molecule has 0 saturated heterocycles. The van der Waals surface area contributed by atoms with Crippen molar-refractivity contribution in [3.63, 3.8) is 0 Å². The van der Waals surface area contributed by atoms with Crippen LogP contribution in [-0.4, -0.2) is 6.26 Å². The van der Waals surface area contributed by atoms with Crippen molar-refractivity contribution >= 4 is 29.1 Å². The van der Waals surface area contributed by atoms with Crippen molar-refractivity contribution in [2.45, 2.75) is 4.90 Å². The second-order valence-electron chi connectivity index (χ2n) is 3.56. The van der Waals surface area contributed by atoms with Crippen LogP contribution in [0.2, 0.25) is 5.02 Å². The third-order valence-electron chi connectivity index (χ3n) is 2.34. The Morgan fingerprint density at radius 2 is 1.94 bits per heavy atom. The van der Waals surface area contributed by atoms with Gasteiger partial charge < -0.3 is 10.5 Å². The summed E-state index contributed by atoms with van der Waals surface area (Å²) in [5.41, 5.74) is 6.05. The molecule has 94 valence electrons. The summed E-state index contributed by atoms with van der Waals surface area (Å²) in [7, 11) is 0. The van der Waals surface area contributed by atoms with Crippen LogP contribution in [0.1, 0.15) is 0 Å². The number of para-hydroxylation sites is 1. The fraction of sp³-hybridized carbons (Fsp3) is 0.0769. The van der Waals surface area contributed by atoms with Crippen LogP contribution in [0.5, 0.6) is 11.5 Å². The van der Waals surface area contributed by atoms with Gasteiger partial charge in [0.25, 0.3) is 0 Å². The first-order valence-electron chi connectivity index (χ1n) is 5.17. The minimum Gasteiger partial charge on any atom is -0.454 e. The monoisotopic (exact) mass is 283 g/mol. The minimum absolute atomic E-state index is 0.0157. The molecule has 0 bridgehead atoms. The molecule has 0 amide bonds. The lowest BCUT2D eigenvalue weighted by molar-refractivity contribution is 0.468. The average Bonchev–Trinajstić information content (AvgIpc) is 2.36. The summed E-state index contributed by atoms with van der Waals surface area (Å²) >= 11 is 7.18. The van der Waals surface area contributed by atoms with Gasteiger partial charge in [-0.25, -0.2) is 4.39 Å². The van der Waals surface area contributed by atoms with E-state index in [1.807, 2.05) is 24.5 Å². The normalized spacial score (nSPS) is 10.4. The fourth-order valence-corrected chi connectivity index (χ4v) is 2.15. The van der Waals surface area contributed by atoms with E-state index in [4.69, 9.17) is 22.1 Å². The lowest BCUT2D eigenvalue weighted by Crippen LogP contribution is -1.94. The highest BCUT2D eigenvalue weighted by molar-refractivity contribution is 7.98. The molecular weight excluding hydrogens is 273 g/mol. The van der Waals surface area contributed by atoms with Crippen LogP contribution in [0.25, 0.3) is 0 Å². The highest BCUT2D eigenvalue weighted by Crippen LogP contribution is 2.35. The Bertz CT molecular complexity index is 577. The number of benzene rings is 2. The van der Waals surface area contributed by atoms with E-state index in [0.29, 0.717) is 11.4 Å². The van der Waals surface area contributed by atoms with Gasteiger partial charge in [-0.2, -0.15) is 0 Å². The Morgan fingerprint density at radius 3 is 2.67 bits per heavy atom. The second kappa shape index (κ2) is 5.50. The van der Waals surface area contributed by atoms with Gasteiger partial charge in [-0.05, 0) is 24.5 Å². The highest BCUT2D eigenvalue weighted by Gasteiger charge is 2.10. The molecule has 0 aliphatic rings. The Balaban J connectivity index is 2.37. The van der Waals surface area contributed by atoms with Gasteiger partial charge in [0.05, 0.1) is 10.7 Å². The zero-order chi connectivity index (χ0) is 13.1. The summed E-state index contributed by atoms with van der Waals surface area (Å²) < 4.78 is 19.0. The molecule has 2 aromatic carbocycles. The Labute approximate surface area is 114 Å². The van der Waals surface area contributed by atoms with Crippen LogP contribution >= 0.6 is 23.4 Å². The third kappa shape index (κ3) is 2.71. The average molecular weight is 284 g/mol. The number of rotatable bonds is 3. The maximum Gasteiger partial charge on any atom is 0.153 e. The first-order chi connectivity index (χ1) is 8.61. The van der Waals surface area contributed by atoms with Crippen molar-refractivity contribution in [1.82, 2.24) is 0 Å². The number of thioether (sulfide) groups is 1. The molecule has 18 heavy (non-hydrogen) atoms. The van der Waals surface area contributed by atoms with Gasteiger partial charge in [0.15, 0.2) is 5.75 Å². The summed E-state index contributed by atoms with van der Waals surface area (Å²) in [6, 6.07) is 10.0. The molecule has 2 N–H and O–H groups in total. The SMILES string of the molecule is CSc1ccccc1Oc1cc(F)c(Cl)cc1N. The van der Waals surface area contributed by atoms with Crippen molar-refractivity contribution < 1.29 is 9.13 Å². The van der Waals surface area contributed by atoms with Crippen molar-refractivity contribution in [2.24, 2.45) is 0 Å². The molecule has 0 aromatic heterocycles. The molecule has 2 aromatic rings. The lowest BCUT2D eigenvalue weighted by atomic mass is 10.3. The van der Waals surface area contributed by atoms with E-state index in [1.165, 1.54) is 12.1 Å². The van der Waals surface area contributed by atoms with Crippen LogP contribution in [-0.2, 0) is 0 Å². The zero-order valence-corrected chi connectivity index (χ0v) is 11.2. The smallest absolute Gasteiger partial charge is 0.153 e. The van der Waals surface area contributed by atoms with Gasteiger partial charge in [-0.15, -0.1) is 11.8 Å². The van der Waals surface area contributed by atoms with Crippen LogP contribution in [0.15, 0.2) is 41.3 Å². The van der Waals surface area contributed by atoms with Crippen molar-refractivity contribution in [3.05, 3.63) is 47.2 Å². The van der Waals surface area contributed by atoms with E-state index < -0.39 is 5.82 Å². The fourth-order valence-electron chi connectivity index (χ4n) is 1.45. The number of nitrogen functional groups attached to an aromatic ring is 1. The highest BCUT2D eigenvalue weighted by atomic mass is 35.5. The van der Waals surface area contributed by atoms with Gasteiger partial charge in [-0.3, -0.25) is 0 Å². The predicted octanol–water partition coefficient (Wildman–Crippen LogP) is 4.58. The first-order valence-corrected chi connectivity index (χ1v) is 6.77. The maximum atomic E-state index is 13.4. The van der Waals surface area contributed by atoms with Crippen molar-refractivity contribution in [1.29, 1.82) is 0 Å². The number of nitrogens with two attached hydrogens (primary N) is 1. The summed E-state index contributed by atoms with van der Waals surface area (Å²) in [5.74, 6) is 0.347. The van der Waals surface area contributed by atoms with Crippen LogP contribution in [0, 0.1) is 5.82 Å². The quantitative estimate of drug-likeness (QED) is 0.662. The van der Waals surface area contributed by atoms with E-state index in [2.05, 4.69) is 0 Å². The predicted molar refractivity (Wildman–Crippen MR) is 74.1 cm³/mol. The lowest BCUT2D eigenvalue weighted by Gasteiger charge is -2.11. The van der Waals surface area contributed by atoms with E-state index in [0.717, 1.165) is 4.90 Å². The Hall–Kier alpha value is -1.39. The van der Waals surface area contributed by atoms with E-state index in [1.54, 1.807) is 17.8 Å². The van der Waals surface area contributed by atoms with E-state index in [9.17, 15) is 4.39 Å². The maximum absolute atomic E-state index is 13.4. The number of halogens is 2. The van der Waals surface area contributed by atoms with Crippen molar-refractivity contribution in [3.8, 4) is 11.5 Å². The topological polar surface area (TPSA) is 35.2 Å². The van der Waals surface area contributed by atoms with Crippen LogP contribution in [0.4, 0.5) is 10.1 Å². The first kappa shape index (κ1) is 13.1. The van der Waals surface area contributed by atoms with Gasteiger partial charge in [0, 0.05) is 11.0 Å². The van der Waals surface area contributed by atoms with Crippen LogP contribution < -0.4 is 10.5 Å². The number of ether oxygens (including phenoxy) is 1. The molecule has 5 heteroatoms. The van der Waals surface area contributed by atoms with E-state index >= 15 is 0 Å². The number of hydrogen-bond donors (Lipinski definition) is 1. The summed E-state index contributed by atoms with van der Waals surface area (Å²) in [6.07, 6.45) is 1.94. The molecule has 2 nitrogen and oxygen atoms in total.